The summed E-state index contributed by atoms with van der Waals surface area (Å²) < 4.78 is 0. The van der Waals surface area contributed by atoms with Gasteiger partial charge in [0, 0.05) is 22.7 Å². The van der Waals surface area contributed by atoms with Crippen LogP contribution in [0.15, 0.2) is 24.4 Å². The number of carbonyl (C=O) groups excluding carboxylic acids is 1. The van der Waals surface area contributed by atoms with E-state index >= 15 is 0 Å². The van der Waals surface area contributed by atoms with Crippen LogP contribution >= 0.6 is 15.9 Å². The average Bonchev–Trinajstić information content (AvgIpc) is 2.62. The van der Waals surface area contributed by atoms with Crippen LogP contribution < -0.4 is 0 Å². The molecule has 1 aromatic carbocycles. The van der Waals surface area contributed by atoms with Crippen LogP contribution in [-0.2, 0) is 0 Å². The maximum atomic E-state index is 11.6. The first kappa shape index (κ1) is 9.46. The molecule has 0 saturated heterocycles. The number of H-pyrrole nitrogens is 1. The largest absolute Gasteiger partial charge is 0.360 e. The number of hydrogen-bond acceptors (Lipinski definition) is 1. The molecule has 0 bridgehead atoms. The molecular formula is C11H10BrNO. The van der Waals surface area contributed by atoms with E-state index in [4.69, 9.17) is 0 Å². The van der Waals surface area contributed by atoms with E-state index in [1.165, 1.54) is 0 Å². The number of ketones is 1. The summed E-state index contributed by atoms with van der Waals surface area (Å²) in [7, 11) is 0. The second-order valence-corrected chi connectivity index (χ2v) is 3.82. The SMILES string of the molecule is Cc1cccc2[nH]cc(C(=O)CBr)c12. The molecule has 0 radical (unpaired) electrons. The van der Waals surface area contributed by atoms with Crippen LogP contribution in [-0.4, -0.2) is 16.1 Å². The second kappa shape index (κ2) is 3.58. The summed E-state index contributed by atoms with van der Waals surface area (Å²) in [5.41, 5.74) is 2.93. The van der Waals surface area contributed by atoms with Crippen molar-refractivity contribution in [2.75, 3.05) is 5.33 Å². The zero-order valence-electron chi connectivity index (χ0n) is 7.80. The van der Waals surface area contributed by atoms with Crippen molar-refractivity contribution in [3.63, 3.8) is 0 Å². The van der Waals surface area contributed by atoms with Gasteiger partial charge < -0.3 is 4.98 Å². The number of aryl methyl sites for hydroxylation is 1. The molecule has 1 N–H and O–H groups in total. The lowest BCUT2D eigenvalue weighted by molar-refractivity contribution is 0.102. The van der Waals surface area contributed by atoms with Gasteiger partial charge in [-0.1, -0.05) is 28.1 Å². The predicted molar refractivity (Wildman–Crippen MR) is 61.2 cm³/mol. The van der Waals surface area contributed by atoms with Crippen LogP contribution in [0.1, 0.15) is 15.9 Å². The second-order valence-electron chi connectivity index (χ2n) is 3.26. The van der Waals surface area contributed by atoms with E-state index in [-0.39, 0.29) is 5.78 Å². The third kappa shape index (κ3) is 1.38. The van der Waals surface area contributed by atoms with Crippen LogP contribution in [0.4, 0.5) is 0 Å². The molecule has 0 unspecified atom stereocenters. The summed E-state index contributed by atoms with van der Waals surface area (Å²) in [6.07, 6.45) is 1.78. The Morgan fingerprint density at radius 2 is 2.29 bits per heavy atom. The third-order valence-corrected chi connectivity index (χ3v) is 2.85. The van der Waals surface area contributed by atoms with Crippen LogP contribution in [0.25, 0.3) is 10.9 Å². The standard InChI is InChI=1S/C11H10BrNO/c1-7-3-2-4-9-11(7)8(6-13-9)10(14)5-12/h2-4,6,13H,5H2,1H3. The Morgan fingerprint density at radius 1 is 1.50 bits per heavy atom. The lowest BCUT2D eigenvalue weighted by Crippen LogP contribution is -1.98. The highest BCUT2D eigenvalue weighted by molar-refractivity contribution is 9.09. The Hall–Kier alpha value is -1.09. The number of nitrogens with one attached hydrogen (secondary N) is 1. The number of benzene rings is 1. The van der Waals surface area contributed by atoms with Crippen LogP contribution in [0.5, 0.6) is 0 Å². The number of Topliss-reactive ketones (excluding diaryl/α,β-unsaturated/α-hetero) is 1. The summed E-state index contributed by atoms with van der Waals surface area (Å²) in [6.45, 7) is 2.02. The van der Waals surface area contributed by atoms with Crippen molar-refractivity contribution in [1.29, 1.82) is 0 Å². The summed E-state index contributed by atoms with van der Waals surface area (Å²) in [6, 6.07) is 5.98. The van der Waals surface area contributed by atoms with Gasteiger partial charge in [0.15, 0.2) is 5.78 Å². The summed E-state index contributed by atoms with van der Waals surface area (Å²) >= 11 is 3.18. The van der Waals surface area contributed by atoms with E-state index in [0.29, 0.717) is 5.33 Å². The molecule has 0 saturated carbocycles. The van der Waals surface area contributed by atoms with E-state index in [1.807, 2.05) is 25.1 Å². The highest BCUT2D eigenvalue weighted by Crippen LogP contribution is 2.22. The average molecular weight is 252 g/mol. The van der Waals surface area contributed by atoms with Crippen molar-refractivity contribution in [2.24, 2.45) is 0 Å². The molecule has 0 atom stereocenters. The third-order valence-electron chi connectivity index (χ3n) is 2.34. The molecule has 0 aliphatic carbocycles. The first-order valence-electron chi connectivity index (χ1n) is 4.40. The number of rotatable bonds is 2. The van der Waals surface area contributed by atoms with Gasteiger partial charge in [0.05, 0.1) is 5.33 Å². The Balaban J connectivity index is 2.73. The van der Waals surface area contributed by atoms with Crippen LogP contribution in [0, 0.1) is 6.92 Å². The number of carbonyl (C=O) groups is 1. The number of halogens is 1. The molecule has 2 nitrogen and oxygen atoms in total. The molecule has 14 heavy (non-hydrogen) atoms. The molecule has 1 heterocycles. The summed E-state index contributed by atoms with van der Waals surface area (Å²) in [5, 5.41) is 1.41. The number of aromatic amines is 1. The van der Waals surface area contributed by atoms with Crippen molar-refractivity contribution in [3.8, 4) is 0 Å². The lowest BCUT2D eigenvalue weighted by atomic mass is 10.1. The van der Waals surface area contributed by atoms with Gasteiger partial charge in [0.2, 0.25) is 0 Å². The van der Waals surface area contributed by atoms with E-state index in [9.17, 15) is 4.79 Å². The van der Waals surface area contributed by atoms with E-state index in [0.717, 1.165) is 22.0 Å². The van der Waals surface area contributed by atoms with Crippen molar-refractivity contribution in [2.45, 2.75) is 6.92 Å². The van der Waals surface area contributed by atoms with Crippen LogP contribution in [0.3, 0.4) is 0 Å². The maximum absolute atomic E-state index is 11.6. The first-order chi connectivity index (χ1) is 6.74. The number of hydrogen-bond donors (Lipinski definition) is 1. The summed E-state index contributed by atoms with van der Waals surface area (Å²) in [5.74, 6) is 0.116. The fourth-order valence-corrected chi connectivity index (χ4v) is 1.96. The molecule has 1 aromatic heterocycles. The molecule has 2 aromatic rings. The molecule has 2 rings (SSSR count). The highest BCUT2D eigenvalue weighted by Gasteiger charge is 2.11. The fraction of sp³-hybridized carbons (Fsp3) is 0.182. The molecule has 72 valence electrons. The molecule has 0 amide bonds. The quantitative estimate of drug-likeness (QED) is 0.646. The fourth-order valence-electron chi connectivity index (χ4n) is 1.66. The number of aromatic nitrogens is 1. The molecule has 0 aliphatic rings. The Labute approximate surface area is 90.4 Å². The highest BCUT2D eigenvalue weighted by atomic mass is 79.9. The Kier molecular flexibility index (Phi) is 2.42. The molecule has 0 fully saturated rings. The van der Waals surface area contributed by atoms with Crippen molar-refractivity contribution in [3.05, 3.63) is 35.5 Å². The minimum atomic E-state index is 0.116. The number of alkyl halides is 1. The topological polar surface area (TPSA) is 32.9 Å². The minimum absolute atomic E-state index is 0.116. The Bertz CT molecular complexity index is 487. The molecule has 0 aliphatic heterocycles. The van der Waals surface area contributed by atoms with Gasteiger partial charge in [-0.25, -0.2) is 0 Å². The van der Waals surface area contributed by atoms with E-state index in [2.05, 4.69) is 20.9 Å². The smallest absolute Gasteiger partial charge is 0.175 e. The lowest BCUT2D eigenvalue weighted by Gasteiger charge is -1.98. The number of fused-ring (bicyclic) bond motifs is 1. The van der Waals surface area contributed by atoms with Gasteiger partial charge >= 0.3 is 0 Å². The molecular weight excluding hydrogens is 242 g/mol. The van der Waals surface area contributed by atoms with E-state index in [1.54, 1.807) is 6.20 Å². The first-order valence-corrected chi connectivity index (χ1v) is 5.52. The van der Waals surface area contributed by atoms with Crippen molar-refractivity contribution < 1.29 is 4.79 Å². The van der Waals surface area contributed by atoms with Gasteiger partial charge in [-0.2, -0.15) is 0 Å². The zero-order chi connectivity index (χ0) is 10.1. The van der Waals surface area contributed by atoms with Gasteiger partial charge in [-0.15, -0.1) is 0 Å². The maximum Gasteiger partial charge on any atom is 0.175 e. The molecule has 0 spiro atoms. The van der Waals surface area contributed by atoms with Gasteiger partial charge in [-0.05, 0) is 18.6 Å². The van der Waals surface area contributed by atoms with Gasteiger partial charge in [-0.3, -0.25) is 4.79 Å². The predicted octanol–water partition coefficient (Wildman–Crippen LogP) is 3.05. The van der Waals surface area contributed by atoms with E-state index < -0.39 is 0 Å². The Morgan fingerprint density at radius 3 is 3.00 bits per heavy atom. The monoisotopic (exact) mass is 251 g/mol. The van der Waals surface area contributed by atoms with Gasteiger partial charge in [0.1, 0.15) is 0 Å². The summed E-state index contributed by atoms with van der Waals surface area (Å²) in [4.78, 5) is 14.7. The zero-order valence-corrected chi connectivity index (χ0v) is 9.39. The van der Waals surface area contributed by atoms with Crippen molar-refractivity contribution >= 4 is 32.6 Å². The van der Waals surface area contributed by atoms with Crippen molar-refractivity contribution in [1.82, 2.24) is 4.98 Å². The van der Waals surface area contributed by atoms with Gasteiger partial charge in [0.25, 0.3) is 0 Å². The van der Waals surface area contributed by atoms with Crippen LogP contribution in [0.2, 0.25) is 0 Å². The molecule has 3 heteroatoms. The minimum Gasteiger partial charge on any atom is -0.360 e. The normalized spacial score (nSPS) is 10.7.